The normalized spacial score (nSPS) is 13.5. The van der Waals surface area contributed by atoms with Gasteiger partial charge < -0.3 is 20.6 Å². The predicted molar refractivity (Wildman–Crippen MR) is 150 cm³/mol. The van der Waals surface area contributed by atoms with Crippen molar-refractivity contribution in [2.24, 2.45) is 0 Å². The van der Waals surface area contributed by atoms with Crippen molar-refractivity contribution in [3.63, 3.8) is 0 Å². The van der Waals surface area contributed by atoms with E-state index < -0.39 is 0 Å². The van der Waals surface area contributed by atoms with Crippen LogP contribution in [0.4, 0.5) is 17.1 Å². The van der Waals surface area contributed by atoms with Crippen LogP contribution in [-0.4, -0.2) is 46.9 Å². The number of piperidine rings is 1. The maximum atomic E-state index is 12.9. The molecule has 8 nitrogen and oxygen atoms in total. The molecule has 1 fully saturated rings. The molecule has 1 aliphatic rings. The number of rotatable bonds is 7. The van der Waals surface area contributed by atoms with E-state index in [-0.39, 0.29) is 23.7 Å². The molecule has 0 atom stereocenters. The molecule has 1 aliphatic heterocycles. The molecule has 5 rings (SSSR count). The van der Waals surface area contributed by atoms with Gasteiger partial charge in [-0.3, -0.25) is 19.4 Å². The Morgan fingerprint density at radius 1 is 0.692 bits per heavy atom. The largest absolute Gasteiger partial charge is 0.393 e. The summed E-state index contributed by atoms with van der Waals surface area (Å²) in [6, 6.07) is 25.9. The second kappa shape index (κ2) is 11.7. The van der Waals surface area contributed by atoms with Gasteiger partial charge in [-0.15, -0.1) is 0 Å². The van der Waals surface area contributed by atoms with Crippen molar-refractivity contribution in [1.82, 2.24) is 4.98 Å². The molecule has 196 valence electrons. The van der Waals surface area contributed by atoms with E-state index in [0.29, 0.717) is 33.8 Å². The number of pyridine rings is 1. The molecule has 0 bridgehead atoms. The zero-order valence-corrected chi connectivity index (χ0v) is 21.2. The van der Waals surface area contributed by atoms with E-state index >= 15 is 0 Å². The number of hydrogen-bond donors (Lipinski definition) is 3. The Hall–Kier alpha value is -4.82. The van der Waals surface area contributed by atoms with Gasteiger partial charge >= 0.3 is 0 Å². The number of aromatic nitrogens is 1. The Kier molecular flexibility index (Phi) is 7.75. The average Bonchev–Trinajstić information content (AvgIpc) is 2.98. The summed E-state index contributed by atoms with van der Waals surface area (Å²) in [5.74, 6) is -0.736. The number of amides is 2. The third kappa shape index (κ3) is 6.37. The molecule has 39 heavy (non-hydrogen) atoms. The number of nitrogens with one attached hydrogen (secondary N) is 2. The van der Waals surface area contributed by atoms with Gasteiger partial charge in [0.2, 0.25) is 0 Å². The van der Waals surface area contributed by atoms with Crippen molar-refractivity contribution in [2.45, 2.75) is 18.9 Å². The van der Waals surface area contributed by atoms with Crippen LogP contribution in [0.2, 0.25) is 0 Å². The van der Waals surface area contributed by atoms with Crippen LogP contribution in [0, 0.1) is 0 Å². The maximum absolute atomic E-state index is 12.9. The minimum absolute atomic E-state index is 0.170. The lowest BCUT2D eigenvalue weighted by Crippen LogP contribution is -2.35. The fourth-order valence-electron chi connectivity index (χ4n) is 4.42. The van der Waals surface area contributed by atoms with Crippen molar-refractivity contribution in [1.29, 1.82) is 0 Å². The van der Waals surface area contributed by atoms with Gasteiger partial charge in [0.15, 0.2) is 5.78 Å². The number of carbonyl (C=O) groups is 3. The minimum atomic E-state index is -0.328. The van der Waals surface area contributed by atoms with Crippen LogP contribution in [0.3, 0.4) is 0 Å². The first-order valence-electron chi connectivity index (χ1n) is 12.8. The van der Waals surface area contributed by atoms with E-state index in [2.05, 4.69) is 20.5 Å². The molecule has 0 spiro atoms. The van der Waals surface area contributed by atoms with E-state index in [1.54, 1.807) is 85.1 Å². The number of ketones is 1. The Morgan fingerprint density at radius 2 is 1.23 bits per heavy atom. The van der Waals surface area contributed by atoms with Gasteiger partial charge in [-0.1, -0.05) is 6.07 Å². The summed E-state index contributed by atoms with van der Waals surface area (Å²) in [4.78, 5) is 44.2. The summed E-state index contributed by atoms with van der Waals surface area (Å²) in [5, 5.41) is 15.3. The molecule has 4 aromatic rings. The van der Waals surface area contributed by atoms with Crippen LogP contribution in [0.25, 0.3) is 0 Å². The molecule has 0 radical (unpaired) electrons. The van der Waals surface area contributed by atoms with Crippen LogP contribution in [0.15, 0.2) is 97.2 Å². The summed E-state index contributed by atoms with van der Waals surface area (Å²) in [6.45, 7) is 1.59. The quantitative estimate of drug-likeness (QED) is 0.303. The Morgan fingerprint density at radius 3 is 1.77 bits per heavy atom. The van der Waals surface area contributed by atoms with Crippen molar-refractivity contribution in [3.05, 3.63) is 120 Å². The van der Waals surface area contributed by atoms with Crippen LogP contribution in [0.5, 0.6) is 0 Å². The van der Waals surface area contributed by atoms with Crippen molar-refractivity contribution < 1.29 is 19.5 Å². The van der Waals surface area contributed by atoms with E-state index in [1.165, 1.54) is 0 Å². The highest BCUT2D eigenvalue weighted by atomic mass is 16.3. The van der Waals surface area contributed by atoms with E-state index in [1.807, 2.05) is 12.1 Å². The van der Waals surface area contributed by atoms with Crippen LogP contribution < -0.4 is 15.5 Å². The molecule has 2 amide bonds. The molecule has 1 aromatic heterocycles. The van der Waals surface area contributed by atoms with Gasteiger partial charge in [-0.2, -0.15) is 0 Å². The third-order valence-electron chi connectivity index (χ3n) is 6.67. The summed E-state index contributed by atoms with van der Waals surface area (Å²) < 4.78 is 0. The number of nitrogens with zero attached hydrogens (tertiary/aromatic N) is 2. The van der Waals surface area contributed by atoms with Crippen LogP contribution >= 0.6 is 0 Å². The molecular weight excluding hydrogens is 492 g/mol. The molecule has 2 heterocycles. The lowest BCUT2D eigenvalue weighted by atomic mass is 10.0. The second-order valence-corrected chi connectivity index (χ2v) is 9.37. The molecule has 0 saturated carbocycles. The zero-order valence-electron chi connectivity index (χ0n) is 21.2. The Labute approximate surface area is 226 Å². The fourth-order valence-corrected chi connectivity index (χ4v) is 4.42. The molecule has 3 aromatic carbocycles. The standard InChI is InChI=1S/C31H28N4O4/c36-27-16-19-35(20-17-27)26-14-8-23(9-15-26)30(38)33-24-10-4-21(5-11-24)29(37)22-6-12-25(13-7-22)34-31(39)28-3-1-2-18-32-28/h1-15,18,27,36H,16-17,19-20H2,(H,33,38)(H,34,39). The first-order valence-corrected chi connectivity index (χ1v) is 12.8. The topological polar surface area (TPSA) is 112 Å². The van der Waals surface area contributed by atoms with E-state index in [4.69, 9.17) is 0 Å². The monoisotopic (exact) mass is 520 g/mol. The number of carbonyl (C=O) groups excluding carboxylic acids is 3. The average molecular weight is 521 g/mol. The number of hydrogen-bond acceptors (Lipinski definition) is 6. The third-order valence-corrected chi connectivity index (χ3v) is 6.67. The van der Waals surface area contributed by atoms with E-state index in [0.717, 1.165) is 31.6 Å². The summed E-state index contributed by atoms with van der Waals surface area (Å²) in [7, 11) is 0. The zero-order chi connectivity index (χ0) is 27.2. The molecule has 0 unspecified atom stereocenters. The molecule has 0 aliphatic carbocycles. The Balaban J connectivity index is 1.17. The minimum Gasteiger partial charge on any atom is -0.393 e. The van der Waals surface area contributed by atoms with Crippen LogP contribution in [0.1, 0.15) is 49.6 Å². The molecular formula is C31H28N4O4. The number of aliphatic hydroxyl groups is 1. The summed E-state index contributed by atoms with van der Waals surface area (Å²) in [6.07, 6.45) is 2.81. The van der Waals surface area contributed by atoms with Gasteiger partial charge in [0, 0.05) is 53.0 Å². The van der Waals surface area contributed by atoms with Crippen LogP contribution in [-0.2, 0) is 0 Å². The fraction of sp³-hybridized carbons (Fsp3) is 0.161. The smallest absolute Gasteiger partial charge is 0.274 e. The summed E-state index contributed by atoms with van der Waals surface area (Å²) in [5.41, 5.74) is 3.97. The highest BCUT2D eigenvalue weighted by molar-refractivity contribution is 6.10. The SMILES string of the molecule is O=C(Nc1ccc(C(=O)c2ccc(NC(=O)c3ccccn3)cc2)cc1)c1ccc(N2CCC(O)CC2)cc1. The first-order chi connectivity index (χ1) is 19.0. The molecule has 3 N–H and O–H groups in total. The maximum Gasteiger partial charge on any atom is 0.274 e. The first kappa shape index (κ1) is 25.8. The van der Waals surface area contributed by atoms with Crippen molar-refractivity contribution in [3.8, 4) is 0 Å². The van der Waals surface area contributed by atoms with Crippen molar-refractivity contribution >= 4 is 34.7 Å². The number of benzene rings is 3. The molecule has 8 heteroatoms. The highest BCUT2D eigenvalue weighted by Gasteiger charge is 2.18. The van der Waals surface area contributed by atoms with Gasteiger partial charge in [0.05, 0.1) is 6.10 Å². The number of aliphatic hydroxyl groups excluding tert-OH is 1. The van der Waals surface area contributed by atoms with E-state index in [9.17, 15) is 19.5 Å². The van der Waals surface area contributed by atoms with Gasteiger partial charge in [-0.25, -0.2) is 0 Å². The lowest BCUT2D eigenvalue weighted by molar-refractivity contribution is 0.101. The second-order valence-electron chi connectivity index (χ2n) is 9.37. The van der Waals surface area contributed by atoms with Gasteiger partial charge in [-0.05, 0) is 97.8 Å². The molecule has 1 saturated heterocycles. The lowest BCUT2D eigenvalue weighted by Gasteiger charge is -2.31. The Bertz CT molecular complexity index is 1450. The highest BCUT2D eigenvalue weighted by Crippen LogP contribution is 2.22. The van der Waals surface area contributed by atoms with Gasteiger partial charge in [0.25, 0.3) is 11.8 Å². The predicted octanol–water partition coefficient (Wildman–Crippen LogP) is 4.78. The number of anilines is 3. The summed E-state index contributed by atoms with van der Waals surface area (Å²) >= 11 is 0. The van der Waals surface area contributed by atoms with Crippen molar-refractivity contribution in [2.75, 3.05) is 28.6 Å². The van der Waals surface area contributed by atoms with Gasteiger partial charge in [0.1, 0.15) is 5.69 Å².